The van der Waals surface area contributed by atoms with Crippen molar-refractivity contribution in [3.8, 4) is 27.9 Å². The van der Waals surface area contributed by atoms with Crippen LogP contribution in [0.4, 0.5) is 11.4 Å². The van der Waals surface area contributed by atoms with Crippen molar-refractivity contribution in [2.45, 2.75) is 44.9 Å². The minimum absolute atomic E-state index is 0.208. The summed E-state index contributed by atoms with van der Waals surface area (Å²) in [4.78, 5) is 2.42. The van der Waals surface area contributed by atoms with E-state index < -0.39 is 0 Å². The molecule has 0 saturated heterocycles. The number of aromatic nitrogens is 1. The molecule has 2 aromatic heterocycles. The van der Waals surface area contributed by atoms with Crippen molar-refractivity contribution in [1.82, 2.24) is 4.57 Å². The number of furan rings is 1. The molecule has 0 fully saturated rings. The van der Waals surface area contributed by atoms with Crippen molar-refractivity contribution in [3.63, 3.8) is 0 Å². The van der Waals surface area contributed by atoms with Crippen molar-refractivity contribution < 1.29 is 4.42 Å². The Hall–Kier alpha value is -5.80. The number of allylic oxidation sites excluding steroid dienone is 4. The van der Waals surface area contributed by atoms with Crippen LogP contribution in [-0.4, -0.2) is 4.57 Å². The molecule has 3 nitrogen and oxygen atoms in total. The van der Waals surface area contributed by atoms with E-state index in [-0.39, 0.29) is 5.41 Å². The average Bonchev–Trinajstić information content (AvgIpc) is 3.79. The van der Waals surface area contributed by atoms with Gasteiger partial charge in [0.05, 0.1) is 11.0 Å². The summed E-state index contributed by atoms with van der Waals surface area (Å²) in [6.07, 6.45) is 15.6. The third-order valence-corrected chi connectivity index (χ3v) is 11.0. The van der Waals surface area contributed by atoms with E-state index in [0.717, 1.165) is 42.9 Å². The SMILES string of the molecule is CC1(C)c2cc(N(C3=CCCC=C3)c3ccc(-c4ccc5c(c4)c4ccccc4n5-c4ccccc4)cc3)ccc2-c2c1oc1c2CCC=C1. The Morgan fingerprint density at radius 1 is 0.660 bits per heavy atom. The second kappa shape index (κ2) is 11.1. The third-order valence-electron chi connectivity index (χ3n) is 11.0. The molecule has 7 aromatic rings. The summed E-state index contributed by atoms with van der Waals surface area (Å²) in [6.45, 7) is 4.63. The molecule has 3 heteroatoms. The monoisotopic (exact) mass is 646 g/mol. The van der Waals surface area contributed by atoms with Gasteiger partial charge in [-0.15, -0.1) is 0 Å². The van der Waals surface area contributed by atoms with E-state index in [1.54, 1.807) is 0 Å². The zero-order chi connectivity index (χ0) is 33.4. The van der Waals surface area contributed by atoms with Crippen molar-refractivity contribution in [3.05, 3.63) is 168 Å². The minimum atomic E-state index is -0.208. The molecule has 0 N–H and O–H groups in total. The lowest BCUT2D eigenvalue weighted by Gasteiger charge is -2.29. The molecule has 0 saturated carbocycles. The Morgan fingerprint density at radius 2 is 1.42 bits per heavy atom. The van der Waals surface area contributed by atoms with Crippen LogP contribution in [0, 0.1) is 0 Å². The van der Waals surface area contributed by atoms with Gasteiger partial charge in [-0.2, -0.15) is 0 Å². The maximum absolute atomic E-state index is 6.55. The van der Waals surface area contributed by atoms with Gasteiger partial charge in [0.25, 0.3) is 0 Å². The summed E-state index contributed by atoms with van der Waals surface area (Å²) >= 11 is 0. The lowest BCUT2D eigenvalue weighted by Crippen LogP contribution is -2.19. The van der Waals surface area contributed by atoms with E-state index in [0.29, 0.717) is 0 Å². The second-order valence-electron chi connectivity index (χ2n) is 14.4. The average molecular weight is 647 g/mol. The first kappa shape index (κ1) is 29.1. The van der Waals surface area contributed by atoms with Gasteiger partial charge in [0.15, 0.2) is 0 Å². The summed E-state index contributed by atoms with van der Waals surface area (Å²) in [5, 5.41) is 2.53. The lowest BCUT2D eigenvalue weighted by atomic mass is 9.85. The Kier molecular flexibility index (Phi) is 6.48. The highest BCUT2D eigenvalue weighted by molar-refractivity contribution is 6.10. The lowest BCUT2D eigenvalue weighted by molar-refractivity contribution is 0.432. The van der Waals surface area contributed by atoms with Crippen molar-refractivity contribution in [2.24, 2.45) is 0 Å². The number of rotatable bonds is 5. The highest BCUT2D eigenvalue weighted by atomic mass is 16.3. The maximum atomic E-state index is 6.55. The standard InChI is InChI=1S/C47H38N2O/c1-47(2)41-30-36(26-27-38(41)45-39-18-10-12-20-44(39)50-46(45)47)48(33-13-5-3-6-14-33)35-24-21-31(22-25-35)32-23-28-43-40(29-32)37-17-9-11-19-42(37)49(43)34-15-7-4-8-16-34/h4-5,7-9,11-17,19-30H,3,6,10,18H2,1-2H3. The number of benzene rings is 5. The molecule has 0 spiro atoms. The molecule has 3 aliphatic rings. The van der Waals surface area contributed by atoms with Gasteiger partial charge in [-0.25, -0.2) is 0 Å². The van der Waals surface area contributed by atoms with Gasteiger partial charge in [0, 0.05) is 50.1 Å². The van der Waals surface area contributed by atoms with Gasteiger partial charge in [-0.05, 0) is 129 Å². The topological polar surface area (TPSA) is 21.3 Å². The zero-order valence-corrected chi connectivity index (χ0v) is 28.5. The molecule has 0 amide bonds. The predicted octanol–water partition coefficient (Wildman–Crippen LogP) is 12.7. The normalized spacial score (nSPS) is 15.6. The van der Waals surface area contributed by atoms with E-state index in [4.69, 9.17) is 4.42 Å². The van der Waals surface area contributed by atoms with Crippen molar-refractivity contribution in [1.29, 1.82) is 0 Å². The van der Waals surface area contributed by atoms with Gasteiger partial charge < -0.3 is 13.9 Å². The van der Waals surface area contributed by atoms with Crippen LogP contribution in [0.1, 0.15) is 55.8 Å². The summed E-state index contributed by atoms with van der Waals surface area (Å²) in [5.74, 6) is 2.15. The summed E-state index contributed by atoms with van der Waals surface area (Å²) in [6, 6.07) is 42.4. The van der Waals surface area contributed by atoms with Gasteiger partial charge in [-0.1, -0.05) is 78.9 Å². The molecule has 242 valence electrons. The van der Waals surface area contributed by atoms with Crippen LogP contribution in [0.2, 0.25) is 0 Å². The number of hydrogen-bond acceptors (Lipinski definition) is 2. The molecule has 5 aromatic carbocycles. The predicted molar refractivity (Wildman–Crippen MR) is 208 cm³/mol. The molecule has 0 aliphatic heterocycles. The van der Waals surface area contributed by atoms with Crippen molar-refractivity contribution in [2.75, 3.05) is 4.90 Å². The van der Waals surface area contributed by atoms with Crippen LogP contribution in [0.25, 0.3) is 55.8 Å². The van der Waals surface area contributed by atoms with Gasteiger partial charge in [0.1, 0.15) is 11.5 Å². The Labute approximate surface area is 293 Å². The fourth-order valence-electron chi connectivity index (χ4n) is 8.56. The Morgan fingerprint density at radius 3 is 2.26 bits per heavy atom. The Bertz CT molecular complexity index is 2550. The number of anilines is 2. The molecular formula is C47H38N2O. The first-order valence-corrected chi connectivity index (χ1v) is 17.9. The number of nitrogens with zero attached hydrogens (tertiary/aromatic N) is 2. The number of hydrogen-bond donors (Lipinski definition) is 0. The highest BCUT2D eigenvalue weighted by Gasteiger charge is 2.42. The highest BCUT2D eigenvalue weighted by Crippen LogP contribution is 2.54. The smallest absolute Gasteiger partial charge is 0.130 e. The molecule has 10 rings (SSSR count). The van der Waals surface area contributed by atoms with Crippen LogP contribution in [0.15, 0.2) is 150 Å². The van der Waals surface area contributed by atoms with E-state index in [9.17, 15) is 0 Å². The summed E-state index contributed by atoms with van der Waals surface area (Å²) < 4.78 is 8.92. The van der Waals surface area contributed by atoms with Crippen LogP contribution in [-0.2, 0) is 11.8 Å². The second-order valence-corrected chi connectivity index (χ2v) is 14.4. The molecule has 0 unspecified atom stereocenters. The van der Waals surface area contributed by atoms with E-state index >= 15 is 0 Å². The Balaban J connectivity index is 1.05. The van der Waals surface area contributed by atoms with Crippen molar-refractivity contribution >= 4 is 39.3 Å². The molecular weight excluding hydrogens is 609 g/mol. The largest absolute Gasteiger partial charge is 0.460 e. The van der Waals surface area contributed by atoms with Gasteiger partial charge in [0.2, 0.25) is 0 Å². The van der Waals surface area contributed by atoms with Crippen LogP contribution in [0.3, 0.4) is 0 Å². The molecule has 50 heavy (non-hydrogen) atoms. The summed E-state index contributed by atoms with van der Waals surface area (Å²) in [5.41, 5.74) is 14.7. The molecule has 0 bridgehead atoms. The summed E-state index contributed by atoms with van der Waals surface area (Å²) in [7, 11) is 0. The fourth-order valence-corrected chi connectivity index (χ4v) is 8.56. The molecule has 0 atom stereocenters. The van der Waals surface area contributed by atoms with Gasteiger partial charge >= 0.3 is 0 Å². The first-order valence-electron chi connectivity index (χ1n) is 17.9. The van der Waals surface area contributed by atoms with Crippen LogP contribution >= 0.6 is 0 Å². The van der Waals surface area contributed by atoms with E-state index in [2.05, 4.69) is 169 Å². The van der Waals surface area contributed by atoms with E-state index in [1.807, 2.05) is 0 Å². The molecule has 0 radical (unpaired) electrons. The van der Waals surface area contributed by atoms with Crippen LogP contribution in [0.5, 0.6) is 0 Å². The third kappa shape index (κ3) is 4.36. The minimum Gasteiger partial charge on any atom is -0.460 e. The maximum Gasteiger partial charge on any atom is 0.130 e. The number of para-hydroxylation sites is 2. The van der Waals surface area contributed by atoms with Gasteiger partial charge in [-0.3, -0.25) is 0 Å². The molecule has 3 aliphatic carbocycles. The quantitative estimate of drug-likeness (QED) is 0.186. The zero-order valence-electron chi connectivity index (χ0n) is 28.5. The van der Waals surface area contributed by atoms with E-state index in [1.165, 1.54) is 72.3 Å². The number of fused-ring (bicyclic) bond motifs is 8. The molecule has 2 heterocycles. The first-order chi connectivity index (χ1) is 24.6. The fraction of sp³-hybridized carbons (Fsp3) is 0.149. The van der Waals surface area contributed by atoms with Crippen LogP contribution < -0.4 is 4.90 Å².